The van der Waals surface area contributed by atoms with E-state index >= 15 is 0 Å². The average molecular weight is 433 g/mol. The molecule has 0 aliphatic rings. The van der Waals surface area contributed by atoms with Crippen molar-refractivity contribution in [3.63, 3.8) is 0 Å². The van der Waals surface area contributed by atoms with Gasteiger partial charge in [-0.05, 0) is 36.8 Å². The number of anilines is 1. The van der Waals surface area contributed by atoms with E-state index in [4.69, 9.17) is 32.7 Å². The fourth-order valence-corrected chi connectivity index (χ4v) is 2.98. The van der Waals surface area contributed by atoms with Gasteiger partial charge in [0.25, 0.3) is 5.56 Å². The SMILES string of the molecule is CCOc1c(Cl)cc(/C=N\Nc2cnn(-c3ccccc3)c(=O)c2Cl)cc1OC. The molecule has 0 spiro atoms. The first-order valence-electron chi connectivity index (χ1n) is 8.67. The average Bonchev–Trinajstić information content (AvgIpc) is 2.73. The molecule has 0 saturated heterocycles. The minimum atomic E-state index is -0.455. The standard InChI is InChI=1S/C20H18Cl2N4O3/c1-3-29-19-15(21)9-13(10-17(19)28-2)11-23-25-16-12-24-26(20(27)18(16)22)14-7-5-4-6-8-14/h4-12,25H,3H2,1-2H3/b23-11-. The number of rotatable bonds is 7. The van der Waals surface area contributed by atoms with E-state index in [9.17, 15) is 4.79 Å². The minimum Gasteiger partial charge on any atom is -0.493 e. The number of aromatic nitrogens is 2. The maximum Gasteiger partial charge on any atom is 0.292 e. The summed E-state index contributed by atoms with van der Waals surface area (Å²) in [5.41, 5.74) is 3.84. The van der Waals surface area contributed by atoms with Crippen molar-refractivity contribution < 1.29 is 9.47 Å². The Morgan fingerprint density at radius 2 is 2.00 bits per heavy atom. The van der Waals surface area contributed by atoms with Crippen LogP contribution in [0.2, 0.25) is 10.0 Å². The molecule has 1 heterocycles. The van der Waals surface area contributed by atoms with Gasteiger partial charge < -0.3 is 9.47 Å². The summed E-state index contributed by atoms with van der Waals surface area (Å²) >= 11 is 12.4. The third-order valence-electron chi connectivity index (χ3n) is 3.86. The van der Waals surface area contributed by atoms with E-state index < -0.39 is 5.56 Å². The molecule has 0 bridgehead atoms. The van der Waals surface area contributed by atoms with Crippen molar-refractivity contribution in [2.75, 3.05) is 19.1 Å². The molecule has 29 heavy (non-hydrogen) atoms. The summed E-state index contributed by atoms with van der Waals surface area (Å²) in [6, 6.07) is 12.4. The lowest BCUT2D eigenvalue weighted by molar-refractivity contribution is 0.311. The van der Waals surface area contributed by atoms with Gasteiger partial charge in [0.1, 0.15) is 10.7 Å². The number of benzene rings is 2. The zero-order valence-electron chi connectivity index (χ0n) is 15.7. The number of halogens is 2. The Morgan fingerprint density at radius 3 is 2.69 bits per heavy atom. The van der Waals surface area contributed by atoms with Crippen LogP contribution in [0.3, 0.4) is 0 Å². The highest BCUT2D eigenvalue weighted by Crippen LogP contribution is 2.36. The van der Waals surface area contributed by atoms with Crippen molar-refractivity contribution in [2.24, 2.45) is 5.10 Å². The molecule has 2 aromatic carbocycles. The molecule has 9 heteroatoms. The van der Waals surface area contributed by atoms with Crippen LogP contribution in [0.5, 0.6) is 11.5 Å². The Bertz CT molecular complexity index is 1090. The number of methoxy groups -OCH3 is 1. The predicted molar refractivity (Wildman–Crippen MR) is 115 cm³/mol. The third-order valence-corrected chi connectivity index (χ3v) is 4.50. The molecule has 0 radical (unpaired) electrons. The zero-order valence-corrected chi connectivity index (χ0v) is 17.2. The molecular formula is C20H18Cl2N4O3. The lowest BCUT2D eigenvalue weighted by atomic mass is 10.2. The van der Waals surface area contributed by atoms with E-state index in [1.165, 1.54) is 24.2 Å². The van der Waals surface area contributed by atoms with E-state index in [1.54, 1.807) is 24.3 Å². The van der Waals surface area contributed by atoms with Gasteiger partial charge in [-0.1, -0.05) is 41.4 Å². The van der Waals surface area contributed by atoms with Gasteiger partial charge in [0.05, 0.1) is 36.8 Å². The molecule has 7 nitrogen and oxygen atoms in total. The number of nitrogens with one attached hydrogen (secondary N) is 1. The van der Waals surface area contributed by atoms with Crippen LogP contribution in [0, 0.1) is 0 Å². The Balaban J connectivity index is 1.81. The first kappa shape index (κ1) is 20.7. The highest BCUT2D eigenvalue weighted by molar-refractivity contribution is 6.33. The second-order valence-electron chi connectivity index (χ2n) is 5.76. The van der Waals surface area contributed by atoms with Gasteiger partial charge in [0.2, 0.25) is 0 Å². The maximum absolute atomic E-state index is 12.5. The topological polar surface area (TPSA) is 77.7 Å². The van der Waals surface area contributed by atoms with Gasteiger partial charge in [0, 0.05) is 0 Å². The second-order valence-corrected chi connectivity index (χ2v) is 6.55. The molecule has 150 valence electrons. The molecule has 0 aliphatic heterocycles. The first-order chi connectivity index (χ1) is 14.0. The lowest BCUT2D eigenvalue weighted by Gasteiger charge is -2.11. The summed E-state index contributed by atoms with van der Waals surface area (Å²) in [4.78, 5) is 12.5. The van der Waals surface area contributed by atoms with Crippen LogP contribution in [0.25, 0.3) is 5.69 Å². The summed E-state index contributed by atoms with van der Waals surface area (Å²) in [6.07, 6.45) is 2.95. The monoisotopic (exact) mass is 432 g/mol. The van der Waals surface area contributed by atoms with E-state index in [0.29, 0.717) is 34.4 Å². The van der Waals surface area contributed by atoms with Gasteiger partial charge in [-0.3, -0.25) is 10.2 Å². The van der Waals surface area contributed by atoms with Gasteiger partial charge in [-0.15, -0.1) is 0 Å². The van der Waals surface area contributed by atoms with Crippen LogP contribution < -0.4 is 20.5 Å². The Hall–Kier alpha value is -3.03. The van der Waals surface area contributed by atoms with Crippen molar-refractivity contribution in [1.29, 1.82) is 0 Å². The van der Waals surface area contributed by atoms with E-state index in [0.717, 1.165) is 0 Å². The highest BCUT2D eigenvalue weighted by Gasteiger charge is 2.12. The number of para-hydroxylation sites is 1. The smallest absolute Gasteiger partial charge is 0.292 e. The van der Waals surface area contributed by atoms with E-state index in [2.05, 4.69) is 15.6 Å². The summed E-state index contributed by atoms with van der Waals surface area (Å²) in [5, 5.41) is 8.62. The Labute approximate surface area is 177 Å². The van der Waals surface area contributed by atoms with Crippen LogP contribution in [0.15, 0.2) is 58.6 Å². The minimum absolute atomic E-state index is 0.0247. The quantitative estimate of drug-likeness (QED) is 0.442. The molecule has 0 saturated carbocycles. The first-order valence-corrected chi connectivity index (χ1v) is 9.43. The number of hydrogen-bond acceptors (Lipinski definition) is 6. The van der Waals surface area contributed by atoms with Crippen molar-refractivity contribution >= 4 is 35.1 Å². The molecule has 0 amide bonds. The van der Waals surface area contributed by atoms with Crippen molar-refractivity contribution in [3.05, 3.63) is 74.6 Å². The van der Waals surface area contributed by atoms with Crippen molar-refractivity contribution in [2.45, 2.75) is 6.92 Å². The number of hydrogen-bond donors (Lipinski definition) is 1. The summed E-state index contributed by atoms with van der Waals surface area (Å²) in [6.45, 7) is 2.32. The van der Waals surface area contributed by atoms with Crippen LogP contribution in [-0.2, 0) is 0 Å². The van der Waals surface area contributed by atoms with Crippen LogP contribution in [-0.4, -0.2) is 29.7 Å². The second kappa shape index (κ2) is 9.45. The van der Waals surface area contributed by atoms with Crippen LogP contribution in [0.4, 0.5) is 5.69 Å². The Morgan fingerprint density at radius 1 is 1.24 bits per heavy atom. The predicted octanol–water partition coefficient (Wildman–Crippen LogP) is 4.39. The molecule has 0 fully saturated rings. The normalized spacial score (nSPS) is 10.9. The van der Waals surface area contributed by atoms with Gasteiger partial charge >= 0.3 is 0 Å². The molecule has 0 atom stereocenters. The molecule has 3 rings (SSSR count). The molecule has 0 aliphatic carbocycles. The fraction of sp³-hybridized carbons (Fsp3) is 0.150. The van der Waals surface area contributed by atoms with Crippen molar-refractivity contribution in [3.8, 4) is 17.2 Å². The number of nitrogens with zero attached hydrogens (tertiary/aromatic N) is 3. The summed E-state index contributed by atoms with van der Waals surface area (Å²) in [5.74, 6) is 0.963. The number of ether oxygens (including phenoxy) is 2. The maximum atomic E-state index is 12.5. The van der Waals surface area contributed by atoms with Gasteiger partial charge in [0.15, 0.2) is 11.5 Å². The molecule has 3 aromatic rings. The molecule has 0 unspecified atom stereocenters. The molecule has 1 aromatic heterocycles. The summed E-state index contributed by atoms with van der Waals surface area (Å²) < 4.78 is 12.0. The van der Waals surface area contributed by atoms with Gasteiger partial charge in [-0.25, -0.2) is 0 Å². The van der Waals surface area contributed by atoms with Gasteiger partial charge in [-0.2, -0.15) is 14.9 Å². The lowest BCUT2D eigenvalue weighted by Crippen LogP contribution is -2.22. The molecular weight excluding hydrogens is 415 g/mol. The number of hydrazone groups is 1. The fourth-order valence-electron chi connectivity index (χ4n) is 2.54. The third kappa shape index (κ3) is 4.70. The largest absolute Gasteiger partial charge is 0.493 e. The summed E-state index contributed by atoms with van der Waals surface area (Å²) in [7, 11) is 1.53. The zero-order chi connectivity index (χ0) is 20.8. The Kier molecular flexibility index (Phi) is 6.74. The van der Waals surface area contributed by atoms with Crippen molar-refractivity contribution in [1.82, 2.24) is 9.78 Å². The van der Waals surface area contributed by atoms with Crippen LogP contribution in [0.1, 0.15) is 12.5 Å². The molecule has 1 N–H and O–H groups in total. The van der Waals surface area contributed by atoms with Crippen LogP contribution >= 0.6 is 23.2 Å². The van der Waals surface area contributed by atoms with E-state index in [1.807, 2.05) is 25.1 Å². The highest BCUT2D eigenvalue weighted by atomic mass is 35.5. The van der Waals surface area contributed by atoms with E-state index in [-0.39, 0.29) is 10.7 Å².